The highest BCUT2D eigenvalue weighted by atomic mass is 19.4. The Hall–Kier alpha value is -1.89. The summed E-state index contributed by atoms with van der Waals surface area (Å²) in [6, 6.07) is 3.69. The summed E-state index contributed by atoms with van der Waals surface area (Å²) in [5.41, 5.74) is -0.906. The van der Waals surface area contributed by atoms with Crippen LogP contribution in [0.25, 0.3) is 0 Å². The molecule has 1 aliphatic rings. The van der Waals surface area contributed by atoms with Crippen molar-refractivity contribution in [3.8, 4) is 0 Å². The Morgan fingerprint density at radius 3 is 2.41 bits per heavy atom. The second-order valence-electron chi connectivity index (χ2n) is 5.06. The summed E-state index contributed by atoms with van der Waals surface area (Å²) in [5.74, 6) is -0.936. The standard InChI is InChI=1S/C15H17F3N2O2/c1-3-19(4-2)12-9-13(21)20(14(12)22)11-7-5-6-10(8-11)15(16,17)18/h5-8,12H,3-4,9H2,1-2H3. The van der Waals surface area contributed by atoms with Crippen LogP contribution in [0.1, 0.15) is 25.8 Å². The van der Waals surface area contributed by atoms with Gasteiger partial charge in [-0.25, -0.2) is 4.90 Å². The Morgan fingerprint density at radius 1 is 1.23 bits per heavy atom. The van der Waals surface area contributed by atoms with Gasteiger partial charge in [-0.3, -0.25) is 14.5 Å². The highest BCUT2D eigenvalue weighted by molar-refractivity contribution is 6.22. The molecule has 0 radical (unpaired) electrons. The number of likely N-dealkylation sites (N-methyl/N-ethyl adjacent to an activating group) is 1. The average Bonchev–Trinajstić information content (AvgIpc) is 2.75. The third kappa shape index (κ3) is 2.99. The summed E-state index contributed by atoms with van der Waals surface area (Å²) in [6.07, 6.45) is -4.52. The zero-order valence-corrected chi connectivity index (χ0v) is 12.4. The monoisotopic (exact) mass is 314 g/mol. The molecule has 0 aliphatic carbocycles. The Bertz CT molecular complexity index is 582. The van der Waals surface area contributed by atoms with Crippen LogP contribution in [0, 0.1) is 0 Å². The molecule has 4 nitrogen and oxygen atoms in total. The second kappa shape index (κ2) is 6.08. The predicted molar refractivity (Wildman–Crippen MR) is 75.3 cm³/mol. The maximum absolute atomic E-state index is 12.8. The number of imide groups is 1. The van der Waals surface area contributed by atoms with Gasteiger partial charge in [0, 0.05) is 0 Å². The molecule has 0 bridgehead atoms. The number of carbonyl (C=O) groups is 2. The van der Waals surface area contributed by atoms with Crippen LogP contribution in [0.3, 0.4) is 0 Å². The van der Waals surface area contributed by atoms with Crippen molar-refractivity contribution in [2.45, 2.75) is 32.5 Å². The Kier molecular flexibility index (Phi) is 4.55. The minimum absolute atomic E-state index is 0.00322. The fourth-order valence-corrected chi connectivity index (χ4v) is 2.66. The van der Waals surface area contributed by atoms with E-state index in [0.717, 1.165) is 17.0 Å². The van der Waals surface area contributed by atoms with E-state index in [1.54, 1.807) is 0 Å². The lowest BCUT2D eigenvalue weighted by Crippen LogP contribution is -2.42. The smallest absolute Gasteiger partial charge is 0.292 e. The minimum atomic E-state index is -4.51. The average molecular weight is 314 g/mol. The van der Waals surface area contributed by atoms with Crippen LogP contribution in [0.4, 0.5) is 18.9 Å². The number of nitrogens with zero attached hydrogens (tertiary/aromatic N) is 2. The van der Waals surface area contributed by atoms with Crippen LogP contribution in [0.5, 0.6) is 0 Å². The molecule has 120 valence electrons. The molecule has 1 aliphatic heterocycles. The zero-order valence-electron chi connectivity index (χ0n) is 12.4. The lowest BCUT2D eigenvalue weighted by Gasteiger charge is -2.24. The lowest BCUT2D eigenvalue weighted by atomic mass is 10.2. The van der Waals surface area contributed by atoms with E-state index in [-0.39, 0.29) is 12.1 Å². The molecule has 0 N–H and O–H groups in total. The van der Waals surface area contributed by atoms with Gasteiger partial charge in [0.05, 0.1) is 23.7 Å². The third-order valence-corrected chi connectivity index (χ3v) is 3.81. The number of halogens is 3. The molecule has 0 saturated carbocycles. The van der Waals surface area contributed by atoms with Crippen LogP contribution in [-0.2, 0) is 15.8 Å². The van der Waals surface area contributed by atoms with Gasteiger partial charge in [-0.2, -0.15) is 13.2 Å². The van der Waals surface area contributed by atoms with Gasteiger partial charge in [-0.1, -0.05) is 19.9 Å². The predicted octanol–water partition coefficient (Wildman–Crippen LogP) is 2.68. The van der Waals surface area contributed by atoms with Gasteiger partial charge in [0.15, 0.2) is 0 Å². The van der Waals surface area contributed by atoms with E-state index in [4.69, 9.17) is 0 Å². The van der Waals surface area contributed by atoms with Crippen LogP contribution < -0.4 is 4.90 Å². The van der Waals surface area contributed by atoms with Crippen molar-refractivity contribution in [3.63, 3.8) is 0 Å². The third-order valence-electron chi connectivity index (χ3n) is 3.81. The van der Waals surface area contributed by atoms with Gasteiger partial charge in [-0.05, 0) is 31.3 Å². The number of anilines is 1. The first-order valence-corrected chi connectivity index (χ1v) is 7.07. The first-order valence-electron chi connectivity index (χ1n) is 7.07. The van der Waals surface area contributed by atoms with Crippen molar-refractivity contribution < 1.29 is 22.8 Å². The molecule has 22 heavy (non-hydrogen) atoms. The van der Waals surface area contributed by atoms with Gasteiger partial charge in [-0.15, -0.1) is 0 Å². The molecule has 2 rings (SSSR count). The van der Waals surface area contributed by atoms with Crippen LogP contribution in [0.15, 0.2) is 24.3 Å². The summed E-state index contributed by atoms with van der Waals surface area (Å²) in [7, 11) is 0. The molecule has 1 aromatic carbocycles. The Labute approximate surface area is 126 Å². The molecule has 2 amide bonds. The highest BCUT2D eigenvalue weighted by Crippen LogP contribution is 2.33. The van der Waals surface area contributed by atoms with E-state index >= 15 is 0 Å². The van der Waals surface area contributed by atoms with E-state index in [1.165, 1.54) is 12.1 Å². The van der Waals surface area contributed by atoms with E-state index in [9.17, 15) is 22.8 Å². The second-order valence-corrected chi connectivity index (χ2v) is 5.06. The summed E-state index contributed by atoms with van der Waals surface area (Å²) in [6.45, 7) is 4.93. The SMILES string of the molecule is CCN(CC)C1CC(=O)N(c2cccc(C(F)(F)F)c2)C1=O. The number of benzene rings is 1. The maximum atomic E-state index is 12.8. The van der Waals surface area contributed by atoms with Crippen molar-refractivity contribution >= 4 is 17.5 Å². The van der Waals surface area contributed by atoms with Crippen LogP contribution >= 0.6 is 0 Å². The summed E-state index contributed by atoms with van der Waals surface area (Å²) < 4.78 is 38.3. The number of hydrogen-bond donors (Lipinski definition) is 0. The van der Waals surface area contributed by atoms with E-state index < -0.39 is 29.6 Å². The Morgan fingerprint density at radius 2 is 1.86 bits per heavy atom. The molecular weight excluding hydrogens is 297 g/mol. The van der Waals surface area contributed by atoms with Gasteiger partial charge in [0.1, 0.15) is 0 Å². The van der Waals surface area contributed by atoms with E-state index in [1.807, 2.05) is 18.7 Å². The Balaban J connectivity index is 2.33. The first-order chi connectivity index (χ1) is 10.3. The quantitative estimate of drug-likeness (QED) is 0.802. The van der Waals surface area contributed by atoms with Gasteiger partial charge in [0.25, 0.3) is 5.91 Å². The number of amides is 2. The molecule has 0 aromatic heterocycles. The summed E-state index contributed by atoms with van der Waals surface area (Å²) in [5, 5.41) is 0. The fourth-order valence-electron chi connectivity index (χ4n) is 2.66. The minimum Gasteiger partial charge on any atom is -0.292 e. The molecule has 0 spiro atoms. The molecule has 1 fully saturated rings. The number of alkyl halides is 3. The van der Waals surface area contributed by atoms with Crippen molar-refractivity contribution in [2.24, 2.45) is 0 Å². The molecule has 1 aromatic rings. The largest absolute Gasteiger partial charge is 0.416 e. The van der Waals surface area contributed by atoms with Gasteiger partial charge >= 0.3 is 6.18 Å². The molecular formula is C15H17F3N2O2. The summed E-state index contributed by atoms with van der Waals surface area (Å²) in [4.78, 5) is 27.2. The molecule has 1 saturated heterocycles. The number of hydrogen-bond acceptors (Lipinski definition) is 3. The lowest BCUT2D eigenvalue weighted by molar-refractivity contribution is -0.137. The van der Waals surface area contributed by atoms with Crippen molar-refractivity contribution in [1.82, 2.24) is 4.90 Å². The molecule has 1 atom stereocenters. The number of carbonyl (C=O) groups excluding carboxylic acids is 2. The molecule has 7 heteroatoms. The van der Waals surface area contributed by atoms with Crippen molar-refractivity contribution in [1.29, 1.82) is 0 Å². The number of rotatable bonds is 4. The van der Waals surface area contributed by atoms with Crippen LogP contribution in [-0.4, -0.2) is 35.8 Å². The van der Waals surface area contributed by atoms with Gasteiger partial charge < -0.3 is 0 Å². The fraction of sp³-hybridized carbons (Fsp3) is 0.467. The highest BCUT2D eigenvalue weighted by Gasteiger charge is 2.42. The van der Waals surface area contributed by atoms with E-state index in [0.29, 0.717) is 13.1 Å². The normalized spacial score (nSPS) is 19.4. The van der Waals surface area contributed by atoms with Crippen molar-refractivity contribution in [3.05, 3.63) is 29.8 Å². The molecule has 1 unspecified atom stereocenters. The molecule has 1 heterocycles. The van der Waals surface area contributed by atoms with E-state index in [2.05, 4.69) is 0 Å². The first kappa shape index (κ1) is 16.5. The van der Waals surface area contributed by atoms with Crippen LogP contribution in [0.2, 0.25) is 0 Å². The topological polar surface area (TPSA) is 40.6 Å². The van der Waals surface area contributed by atoms with Gasteiger partial charge in [0.2, 0.25) is 5.91 Å². The van der Waals surface area contributed by atoms with Crippen molar-refractivity contribution in [2.75, 3.05) is 18.0 Å². The zero-order chi connectivity index (χ0) is 16.5. The maximum Gasteiger partial charge on any atom is 0.416 e. The summed E-state index contributed by atoms with van der Waals surface area (Å²) >= 11 is 0.